The third-order valence-corrected chi connectivity index (χ3v) is 6.70. The molecule has 1 saturated heterocycles. The molecule has 0 unspecified atom stereocenters. The lowest BCUT2D eigenvalue weighted by Crippen LogP contribution is -2.55. The molecular formula is C21H29F3N4O2. The van der Waals surface area contributed by atoms with Crippen molar-refractivity contribution in [2.75, 3.05) is 33.7 Å². The number of carbonyl (C=O) groups excluding carboxylic acids is 2. The van der Waals surface area contributed by atoms with E-state index in [-0.39, 0.29) is 18.6 Å². The zero-order valence-electron chi connectivity index (χ0n) is 17.4. The lowest BCUT2D eigenvalue weighted by molar-refractivity contribution is -0.139. The predicted molar refractivity (Wildman–Crippen MR) is 107 cm³/mol. The molecule has 166 valence electrons. The van der Waals surface area contributed by atoms with Crippen molar-refractivity contribution in [2.24, 2.45) is 5.73 Å². The highest BCUT2D eigenvalue weighted by Gasteiger charge is 2.54. The van der Waals surface area contributed by atoms with Crippen LogP contribution in [0.2, 0.25) is 0 Å². The van der Waals surface area contributed by atoms with Crippen LogP contribution in [0.3, 0.4) is 0 Å². The highest BCUT2D eigenvalue weighted by molar-refractivity contribution is 5.85. The van der Waals surface area contributed by atoms with Gasteiger partial charge in [-0.2, -0.15) is 13.2 Å². The second-order valence-corrected chi connectivity index (χ2v) is 8.64. The molecular weight excluding hydrogens is 397 g/mol. The summed E-state index contributed by atoms with van der Waals surface area (Å²) < 4.78 is 38.8. The second kappa shape index (κ2) is 8.09. The van der Waals surface area contributed by atoms with Crippen LogP contribution in [-0.4, -0.2) is 72.1 Å². The summed E-state index contributed by atoms with van der Waals surface area (Å²) in [5, 5.41) is 0. The highest BCUT2D eigenvalue weighted by Crippen LogP contribution is 2.49. The maximum absolute atomic E-state index is 12.9. The van der Waals surface area contributed by atoms with Crippen LogP contribution in [0.1, 0.15) is 37.7 Å². The molecule has 2 N–H and O–H groups in total. The molecule has 2 aliphatic rings. The van der Waals surface area contributed by atoms with Crippen molar-refractivity contribution in [3.05, 3.63) is 35.9 Å². The third-order valence-electron chi connectivity index (χ3n) is 6.70. The summed E-state index contributed by atoms with van der Waals surface area (Å²) in [7, 11) is 4.01. The Labute approximate surface area is 174 Å². The van der Waals surface area contributed by atoms with Crippen molar-refractivity contribution in [1.82, 2.24) is 14.7 Å². The van der Waals surface area contributed by atoms with Crippen molar-refractivity contribution < 1.29 is 22.8 Å². The Morgan fingerprint density at radius 3 is 2.23 bits per heavy atom. The van der Waals surface area contributed by atoms with E-state index >= 15 is 0 Å². The minimum atomic E-state index is -4.36. The third kappa shape index (κ3) is 4.26. The first kappa shape index (κ1) is 22.4. The number of urea groups is 1. The van der Waals surface area contributed by atoms with Crippen molar-refractivity contribution in [3.63, 3.8) is 0 Å². The Balaban J connectivity index is 1.87. The van der Waals surface area contributed by atoms with E-state index in [9.17, 15) is 22.8 Å². The number of rotatable bonds is 6. The number of nitrogens with two attached hydrogens (primary N) is 1. The SMILES string of the molecule is CN(C)[C@]1(c2ccccc2)CC[C@]2(CC1)CN(CC(N)=O)C(=O)N2CCC(F)(F)F. The molecule has 3 rings (SSSR count). The Morgan fingerprint density at radius 1 is 1.13 bits per heavy atom. The minimum absolute atomic E-state index is 0.227. The van der Waals surface area contributed by atoms with Gasteiger partial charge in [-0.3, -0.25) is 9.69 Å². The van der Waals surface area contributed by atoms with E-state index < -0.39 is 36.6 Å². The molecule has 1 aromatic carbocycles. The summed E-state index contributed by atoms with van der Waals surface area (Å²) in [5.41, 5.74) is 5.46. The van der Waals surface area contributed by atoms with Gasteiger partial charge in [0.1, 0.15) is 6.54 Å². The van der Waals surface area contributed by atoms with Gasteiger partial charge in [-0.05, 0) is 45.3 Å². The summed E-state index contributed by atoms with van der Waals surface area (Å²) in [5.74, 6) is -0.668. The molecule has 1 aromatic rings. The molecule has 1 spiro atoms. The zero-order chi connectivity index (χ0) is 22.2. The average Bonchev–Trinajstić information content (AvgIpc) is 2.91. The highest BCUT2D eigenvalue weighted by atomic mass is 19.4. The van der Waals surface area contributed by atoms with Crippen LogP contribution < -0.4 is 5.73 Å². The predicted octanol–water partition coefficient (Wildman–Crippen LogP) is 2.93. The minimum Gasteiger partial charge on any atom is -0.368 e. The zero-order valence-corrected chi connectivity index (χ0v) is 17.4. The molecule has 1 aliphatic carbocycles. The van der Waals surface area contributed by atoms with Gasteiger partial charge in [0.25, 0.3) is 0 Å². The monoisotopic (exact) mass is 426 g/mol. The molecule has 0 atom stereocenters. The summed E-state index contributed by atoms with van der Waals surface area (Å²) in [4.78, 5) is 29.1. The summed E-state index contributed by atoms with van der Waals surface area (Å²) in [6, 6.07) is 9.52. The summed E-state index contributed by atoms with van der Waals surface area (Å²) >= 11 is 0. The standard InChI is InChI=1S/C21H29F3N4O2/c1-26(2)20(16-6-4-3-5-7-16)10-8-19(9-11-20)15-27(14-17(25)29)18(30)28(19)13-12-21(22,23)24/h3-7H,8-15H2,1-2H3,(H2,25,29)/t19-,20+. The van der Waals surface area contributed by atoms with Gasteiger partial charge in [0.2, 0.25) is 5.91 Å². The van der Waals surface area contributed by atoms with Crippen molar-refractivity contribution in [3.8, 4) is 0 Å². The molecule has 1 saturated carbocycles. The number of hydrogen-bond donors (Lipinski definition) is 1. The van der Waals surface area contributed by atoms with E-state index in [0.29, 0.717) is 25.7 Å². The number of benzene rings is 1. The van der Waals surface area contributed by atoms with Gasteiger partial charge in [-0.15, -0.1) is 0 Å². The second-order valence-electron chi connectivity index (χ2n) is 8.64. The molecule has 1 aliphatic heterocycles. The first-order valence-corrected chi connectivity index (χ1v) is 10.1. The molecule has 0 aromatic heterocycles. The first-order chi connectivity index (χ1) is 14.0. The van der Waals surface area contributed by atoms with Gasteiger partial charge in [0.05, 0.1) is 12.0 Å². The van der Waals surface area contributed by atoms with E-state index in [1.54, 1.807) is 0 Å². The summed E-state index contributed by atoms with van der Waals surface area (Å²) in [6.07, 6.45) is -2.92. The average molecular weight is 426 g/mol. The van der Waals surface area contributed by atoms with Gasteiger partial charge in [-0.25, -0.2) is 4.79 Å². The Kier molecular flexibility index (Phi) is 6.04. The lowest BCUT2D eigenvalue weighted by atomic mass is 9.68. The van der Waals surface area contributed by atoms with Gasteiger partial charge in [0.15, 0.2) is 0 Å². The fourth-order valence-electron chi connectivity index (χ4n) is 5.06. The lowest BCUT2D eigenvalue weighted by Gasteiger charge is -2.51. The quantitative estimate of drug-likeness (QED) is 0.761. The molecule has 2 fully saturated rings. The normalized spacial score (nSPS) is 27.3. The van der Waals surface area contributed by atoms with Crippen molar-refractivity contribution >= 4 is 11.9 Å². The molecule has 9 heteroatoms. The van der Waals surface area contributed by atoms with Crippen LogP contribution in [0.15, 0.2) is 30.3 Å². The number of hydrogen-bond acceptors (Lipinski definition) is 3. The van der Waals surface area contributed by atoms with E-state index in [1.165, 1.54) is 9.80 Å². The summed E-state index contributed by atoms with van der Waals surface area (Å²) in [6.45, 7) is -0.455. The molecule has 30 heavy (non-hydrogen) atoms. The van der Waals surface area contributed by atoms with Crippen LogP contribution in [0.25, 0.3) is 0 Å². The Hall–Kier alpha value is -2.29. The fraction of sp³-hybridized carbons (Fsp3) is 0.619. The molecule has 1 heterocycles. The first-order valence-electron chi connectivity index (χ1n) is 10.1. The number of alkyl halides is 3. The van der Waals surface area contributed by atoms with Crippen LogP contribution in [0.4, 0.5) is 18.0 Å². The van der Waals surface area contributed by atoms with Crippen LogP contribution in [0, 0.1) is 0 Å². The fourth-order valence-corrected chi connectivity index (χ4v) is 5.06. The largest absolute Gasteiger partial charge is 0.390 e. The number of halogens is 3. The van der Waals surface area contributed by atoms with Crippen LogP contribution >= 0.6 is 0 Å². The van der Waals surface area contributed by atoms with Crippen LogP contribution in [-0.2, 0) is 10.3 Å². The maximum Gasteiger partial charge on any atom is 0.390 e. The Bertz CT molecular complexity index is 774. The smallest absolute Gasteiger partial charge is 0.368 e. The van der Waals surface area contributed by atoms with Crippen molar-refractivity contribution in [1.29, 1.82) is 0 Å². The van der Waals surface area contributed by atoms with Crippen molar-refractivity contribution in [2.45, 2.75) is 49.4 Å². The Morgan fingerprint density at radius 2 is 1.73 bits per heavy atom. The van der Waals surface area contributed by atoms with Gasteiger partial charge < -0.3 is 15.5 Å². The van der Waals surface area contributed by atoms with Gasteiger partial charge in [0, 0.05) is 18.6 Å². The number of carbonyl (C=O) groups is 2. The van der Waals surface area contributed by atoms with Gasteiger partial charge >= 0.3 is 12.2 Å². The molecule has 0 bridgehead atoms. The number of amides is 3. The van der Waals surface area contributed by atoms with E-state index in [0.717, 1.165) is 5.56 Å². The maximum atomic E-state index is 12.9. The van der Waals surface area contributed by atoms with E-state index in [4.69, 9.17) is 5.73 Å². The van der Waals surface area contributed by atoms with E-state index in [2.05, 4.69) is 17.0 Å². The van der Waals surface area contributed by atoms with Gasteiger partial charge in [-0.1, -0.05) is 30.3 Å². The number of nitrogens with zero attached hydrogens (tertiary/aromatic N) is 3. The molecule has 0 radical (unpaired) electrons. The van der Waals surface area contributed by atoms with Crippen LogP contribution in [0.5, 0.6) is 0 Å². The van der Waals surface area contributed by atoms with E-state index in [1.807, 2.05) is 32.3 Å². The molecule has 3 amide bonds. The number of primary amides is 1. The molecule has 6 nitrogen and oxygen atoms in total. The topological polar surface area (TPSA) is 69.9 Å².